The van der Waals surface area contributed by atoms with E-state index in [-0.39, 0.29) is 40.8 Å². The van der Waals surface area contributed by atoms with E-state index >= 15 is 0 Å². The number of carbonyl (C=O) groups excluding carboxylic acids is 1. The highest BCUT2D eigenvalue weighted by Crippen LogP contribution is 2.46. The van der Waals surface area contributed by atoms with Gasteiger partial charge >= 0.3 is 0 Å². The minimum Gasteiger partial charge on any atom is -0.356 e. The highest BCUT2D eigenvalue weighted by molar-refractivity contribution is 14.0. The van der Waals surface area contributed by atoms with Crippen LogP contribution in [-0.2, 0) is 17.9 Å². The molecule has 0 atom stereocenters. The fourth-order valence-electron chi connectivity index (χ4n) is 3.88. The van der Waals surface area contributed by atoms with Crippen LogP contribution in [0.2, 0.25) is 0 Å². The Labute approximate surface area is 187 Å². The number of aliphatic imine (C=N–C) groups is 1. The zero-order valence-corrected chi connectivity index (χ0v) is 20.2. The molecule has 1 fully saturated rings. The first-order chi connectivity index (χ1) is 12.8. The van der Waals surface area contributed by atoms with Gasteiger partial charge in [0.2, 0.25) is 5.91 Å². The van der Waals surface area contributed by atoms with E-state index in [1.54, 1.807) is 0 Å². The molecule has 6 heteroatoms. The molecule has 2 aliphatic heterocycles. The van der Waals surface area contributed by atoms with Gasteiger partial charge in [-0.1, -0.05) is 38.1 Å². The molecular weight excluding hydrogens is 463 g/mol. The van der Waals surface area contributed by atoms with Crippen LogP contribution in [0, 0.1) is 5.41 Å². The Kier molecular flexibility index (Phi) is 7.39. The molecule has 0 radical (unpaired) electrons. The maximum absolute atomic E-state index is 12.5. The second-order valence-corrected chi connectivity index (χ2v) is 8.89. The number of hydrogen-bond donors (Lipinski definition) is 1. The Morgan fingerprint density at radius 3 is 2.25 bits per heavy atom. The van der Waals surface area contributed by atoms with Gasteiger partial charge in [-0.3, -0.25) is 9.79 Å². The molecule has 2 aliphatic rings. The molecule has 0 spiro atoms. The smallest absolute Gasteiger partial charge is 0.223 e. The summed E-state index contributed by atoms with van der Waals surface area (Å²) in [4.78, 5) is 21.6. The van der Waals surface area contributed by atoms with Gasteiger partial charge in [0.25, 0.3) is 0 Å². The first kappa shape index (κ1) is 23.0. The molecule has 28 heavy (non-hydrogen) atoms. The van der Waals surface area contributed by atoms with Gasteiger partial charge in [0, 0.05) is 50.1 Å². The summed E-state index contributed by atoms with van der Waals surface area (Å²) in [7, 11) is 0. The zero-order chi connectivity index (χ0) is 19.7. The minimum absolute atomic E-state index is 0. The van der Waals surface area contributed by atoms with Crippen LogP contribution in [0.5, 0.6) is 0 Å². The van der Waals surface area contributed by atoms with Crippen LogP contribution < -0.4 is 5.32 Å². The highest BCUT2D eigenvalue weighted by atomic mass is 127. The molecule has 0 aliphatic carbocycles. The fourth-order valence-corrected chi connectivity index (χ4v) is 3.88. The Morgan fingerprint density at radius 1 is 1.14 bits per heavy atom. The van der Waals surface area contributed by atoms with Crippen LogP contribution in [0.4, 0.5) is 0 Å². The summed E-state index contributed by atoms with van der Waals surface area (Å²) in [6.45, 7) is 15.3. The second kappa shape index (κ2) is 9.01. The molecule has 1 N–H and O–H groups in total. The fraction of sp³-hybridized carbons (Fsp3) is 0.636. The number of halogens is 1. The van der Waals surface area contributed by atoms with Crippen LogP contribution in [-0.4, -0.2) is 46.8 Å². The summed E-state index contributed by atoms with van der Waals surface area (Å²) >= 11 is 0. The highest BCUT2D eigenvalue weighted by Gasteiger charge is 2.53. The largest absolute Gasteiger partial charge is 0.356 e. The lowest BCUT2D eigenvalue weighted by molar-refractivity contribution is -0.131. The molecule has 1 saturated heterocycles. The number of carbonyl (C=O) groups is 1. The Morgan fingerprint density at radius 2 is 1.75 bits per heavy atom. The maximum atomic E-state index is 12.5. The van der Waals surface area contributed by atoms with Crippen LogP contribution in [0.15, 0.2) is 29.3 Å². The Hall–Kier alpha value is -1.31. The third-order valence-electron chi connectivity index (χ3n) is 6.48. The lowest BCUT2D eigenvalue weighted by Gasteiger charge is -2.62. The topological polar surface area (TPSA) is 47.9 Å². The number of likely N-dealkylation sites (tertiary alicyclic amines) is 1. The van der Waals surface area contributed by atoms with Gasteiger partial charge in [0.05, 0.1) is 0 Å². The van der Waals surface area contributed by atoms with E-state index in [2.05, 4.69) is 57.0 Å². The average Bonchev–Trinajstić information content (AvgIpc) is 3.06. The number of fused-ring (bicyclic) bond motifs is 1. The van der Waals surface area contributed by atoms with Crippen LogP contribution >= 0.6 is 24.0 Å². The summed E-state index contributed by atoms with van der Waals surface area (Å²) in [5.41, 5.74) is 2.93. The third kappa shape index (κ3) is 4.47. The van der Waals surface area contributed by atoms with Crippen molar-refractivity contribution >= 4 is 35.8 Å². The summed E-state index contributed by atoms with van der Waals surface area (Å²) in [6.07, 6.45) is 1.35. The predicted molar refractivity (Wildman–Crippen MR) is 126 cm³/mol. The number of guanidine groups is 1. The van der Waals surface area contributed by atoms with Gasteiger partial charge in [-0.05, 0) is 38.3 Å². The molecule has 0 bridgehead atoms. The van der Waals surface area contributed by atoms with Crippen molar-refractivity contribution in [3.05, 3.63) is 35.4 Å². The molecule has 156 valence electrons. The predicted octanol–water partition coefficient (Wildman–Crippen LogP) is 4.01. The summed E-state index contributed by atoms with van der Waals surface area (Å²) < 4.78 is 0. The van der Waals surface area contributed by atoms with Crippen molar-refractivity contribution in [1.29, 1.82) is 0 Å². The molecule has 1 aromatic carbocycles. The van der Waals surface area contributed by atoms with Crippen LogP contribution in [0.25, 0.3) is 0 Å². The van der Waals surface area contributed by atoms with Crippen molar-refractivity contribution in [3.8, 4) is 0 Å². The van der Waals surface area contributed by atoms with E-state index in [1.807, 2.05) is 17.0 Å². The van der Waals surface area contributed by atoms with E-state index < -0.39 is 0 Å². The first-order valence-corrected chi connectivity index (χ1v) is 10.2. The number of amides is 1. The number of benzene rings is 1. The summed E-state index contributed by atoms with van der Waals surface area (Å²) in [6, 6.07) is 8.32. The number of hydrogen-bond acceptors (Lipinski definition) is 2. The van der Waals surface area contributed by atoms with Crippen molar-refractivity contribution in [2.24, 2.45) is 10.4 Å². The van der Waals surface area contributed by atoms with Crippen molar-refractivity contribution in [3.63, 3.8) is 0 Å². The zero-order valence-electron chi connectivity index (χ0n) is 17.9. The van der Waals surface area contributed by atoms with E-state index in [0.29, 0.717) is 13.0 Å². The molecule has 0 saturated carbocycles. The molecule has 5 nitrogen and oxygen atoms in total. The second-order valence-electron chi connectivity index (χ2n) is 8.89. The maximum Gasteiger partial charge on any atom is 0.223 e. The molecule has 3 rings (SSSR count). The van der Waals surface area contributed by atoms with Gasteiger partial charge in [0.1, 0.15) is 0 Å². The SMILES string of the molecule is CCNC(=NCCCC(=O)N1Cc2ccccc2C1)N1CC(C)(C)C1(C)C.I. The lowest BCUT2D eigenvalue weighted by Crippen LogP contribution is -2.72. The van der Waals surface area contributed by atoms with E-state index in [4.69, 9.17) is 4.99 Å². The van der Waals surface area contributed by atoms with E-state index in [9.17, 15) is 4.79 Å². The van der Waals surface area contributed by atoms with Crippen molar-refractivity contribution in [2.75, 3.05) is 19.6 Å². The number of nitrogens with one attached hydrogen (secondary N) is 1. The molecule has 0 unspecified atom stereocenters. The molecule has 0 aromatic heterocycles. The Balaban J connectivity index is 0.00000280. The van der Waals surface area contributed by atoms with Crippen molar-refractivity contribution < 1.29 is 4.79 Å². The molecule has 1 amide bonds. The number of rotatable bonds is 5. The normalized spacial score (nSPS) is 19.5. The van der Waals surface area contributed by atoms with Gasteiger partial charge in [-0.2, -0.15) is 0 Å². The molecule has 2 heterocycles. The van der Waals surface area contributed by atoms with Crippen LogP contribution in [0.3, 0.4) is 0 Å². The number of nitrogens with zero attached hydrogens (tertiary/aromatic N) is 3. The minimum atomic E-state index is 0. The van der Waals surface area contributed by atoms with Crippen LogP contribution in [0.1, 0.15) is 58.6 Å². The summed E-state index contributed by atoms with van der Waals surface area (Å²) in [5, 5.41) is 3.41. The first-order valence-electron chi connectivity index (χ1n) is 10.2. The quantitative estimate of drug-likeness (QED) is 0.289. The van der Waals surface area contributed by atoms with E-state index in [1.165, 1.54) is 11.1 Å². The van der Waals surface area contributed by atoms with Gasteiger partial charge < -0.3 is 15.1 Å². The molecule has 1 aromatic rings. The van der Waals surface area contributed by atoms with Crippen molar-refractivity contribution in [2.45, 2.75) is 66.1 Å². The van der Waals surface area contributed by atoms with Gasteiger partial charge in [-0.15, -0.1) is 24.0 Å². The Bertz CT molecular complexity index is 704. The summed E-state index contributed by atoms with van der Waals surface area (Å²) in [5.74, 6) is 1.21. The third-order valence-corrected chi connectivity index (χ3v) is 6.48. The van der Waals surface area contributed by atoms with E-state index in [0.717, 1.165) is 38.6 Å². The lowest BCUT2D eigenvalue weighted by atomic mass is 9.65. The van der Waals surface area contributed by atoms with Gasteiger partial charge in [0.15, 0.2) is 5.96 Å². The average molecular weight is 498 g/mol. The molecular formula is C22H35IN4O. The van der Waals surface area contributed by atoms with Gasteiger partial charge in [-0.25, -0.2) is 0 Å². The monoisotopic (exact) mass is 498 g/mol. The standard InChI is InChI=1S/C22H34N4O.HI/c1-6-23-20(26-16-21(2,3)22(26,4)5)24-13-9-12-19(27)25-14-17-10-7-8-11-18(17)15-25;/h7-8,10-11H,6,9,12-16H2,1-5H3,(H,23,24);1H. The van der Waals surface area contributed by atoms with Crippen molar-refractivity contribution in [1.82, 2.24) is 15.1 Å².